The maximum atomic E-state index is 12.3. The van der Waals surface area contributed by atoms with Crippen LogP contribution in [0.2, 0.25) is 0 Å². The number of guanidine groups is 1. The monoisotopic (exact) mass is 352 g/mol. The summed E-state index contributed by atoms with van der Waals surface area (Å²) in [7, 11) is 0. The van der Waals surface area contributed by atoms with Gasteiger partial charge in [0.05, 0.1) is 6.54 Å². The normalized spacial score (nSPS) is 16.5. The van der Waals surface area contributed by atoms with Crippen molar-refractivity contribution in [1.29, 1.82) is 0 Å². The number of hydrogen-bond acceptors (Lipinski definition) is 3. The van der Waals surface area contributed by atoms with Crippen LogP contribution in [0.1, 0.15) is 47.5 Å². The van der Waals surface area contributed by atoms with Gasteiger partial charge in [-0.2, -0.15) is 0 Å². The second-order valence-electron chi connectivity index (χ2n) is 7.43. The van der Waals surface area contributed by atoms with Crippen LogP contribution in [0.5, 0.6) is 0 Å². The maximum absolute atomic E-state index is 12.3. The van der Waals surface area contributed by atoms with Crippen molar-refractivity contribution in [2.24, 2.45) is 10.9 Å². The largest absolute Gasteiger partial charge is 0.444 e. The highest BCUT2D eigenvalue weighted by molar-refractivity contribution is 5.80. The quantitative estimate of drug-likeness (QED) is 0.453. The third kappa shape index (κ3) is 7.80. The molecule has 1 rings (SSSR count). The summed E-state index contributed by atoms with van der Waals surface area (Å²) in [5, 5.41) is 3.34. The van der Waals surface area contributed by atoms with Crippen LogP contribution in [-0.4, -0.2) is 66.7 Å². The fourth-order valence-corrected chi connectivity index (χ4v) is 2.88. The smallest absolute Gasteiger partial charge is 0.410 e. The summed E-state index contributed by atoms with van der Waals surface area (Å²) in [6.45, 7) is 18.4. The van der Waals surface area contributed by atoms with Gasteiger partial charge in [-0.1, -0.05) is 6.08 Å². The van der Waals surface area contributed by atoms with Gasteiger partial charge in [-0.05, 0) is 53.4 Å². The number of ether oxygens (including phenoxy) is 1. The Morgan fingerprint density at radius 3 is 2.48 bits per heavy atom. The van der Waals surface area contributed by atoms with Crippen molar-refractivity contribution < 1.29 is 9.53 Å². The first-order valence-electron chi connectivity index (χ1n) is 9.42. The Labute approximate surface area is 153 Å². The summed E-state index contributed by atoms with van der Waals surface area (Å²) >= 11 is 0. The molecule has 0 aromatic carbocycles. The molecule has 6 heteroatoms. The molecule has 0 unspecified atom stereocenters. The van der Waals surface area contributed by atoms with Crippen LogP contribution in [0.4, 0.5) is 4.79 Å². The lowest BCUT2D eigenvalue weighted by molar-refractivity contribution is 0.0214. The molecule has 0 radical (unpaired) electrons. The zero-order chi connectivity index (χ0) is 18.9. The molecule has 1 aliphatic heterocycles. The summed E-state index contributed by atoms with van der Waals surface area (Å²) in [6.07, 6.45) is 3.71. The maximum Gasteiger partial charge on any atom is 0.410 e. The van der Waals surface area contributed by atoms with Gasteiger partial charge in [-0.25, -0.2) is 9.79 Å². The molecule has 1 aliphatic rings. The molecule has 0 saturated carbocycles. The van der Waals surface area contributed by atoms with Gasteiger partial charge < -0.3 is 19.9 Å². The van der Waals surface area contributed by atoms with Gasteiger partial charge in [0.15, 0.2) is 5.96 Å². The molecule has 0 aromatic rings. The minimum atomic E-state index is -0.448. The predicted molar refractivity (Wildman–Crippen MR) is 104 cm³/mol. The van der Waals surface area contributed by atoms with E-state index in [9.17, 15) is 4.79 Å². The van der Waals surface area contributed by atoms with Gasteiger partial charge in [-0.15, -0.1) is 6.58 Å². The molecular weight excluding hydrogens is 316 g/mol. The summed E-state index contributed by atoms with van der Waals surface area (Å²) in [5.41, 5.74) is -0.448. The fourth-order valence-electron chi connectivity index (χ4n) is 2.88. The van der Waals surface area contributed by atoms with Crippen molar-refractivity contribution in [2.75, 3.05) is 39.3 Å². The van der Waals surface area contributed by atoms with Gasteiger partial charge in [-0.3, -0.25) is 0 Å². The molecular formula is C19H36N4O2. The molecule has 0 atom stereocenters. The Kier molecular flexibility index (Phi) is 8.79. The third-order valence-electron chi connectivity index (χ3n) is 4.13. The van der Waals surface area contributed by atoms with Crippen LogP contribution in [-0.2, 0) is 4.74 Å². The van der Waals surface area contributed by atoms with Crippen molar-refractivity contribution in [2.45, 2.75) is 53.1 Å². The molecule has 0 bridgehead atoms. The van der Waals surface area contributed by atoms with E-state index in [1.165, 1.54) is 0 Å². The van der Waals surface area contributed by atoms with Crippen molar-refractivity contribution >= 4 is 12.1 Å². The number of rotatable bonds is 6. The number of aliphatic imine (C=N–C) groups is 1. The number of nitrogens with zero attached hydrogens (tertiary/aromatic N) is 3. The molecule has 144 valence electrons. The molecule has 1 amide bonds. The second-order valence-corrected chi connectivity index (χ2v) is 7.43. The van der Waals surface area contributed by atoms with E-state index in [2.05, 4.69) is 28.7 Å². The highest BCUT2D eigenvalue weighted by Gasteiger charge is 2.27. The highest BCUT2D eigenvalue weighted by atomic mass is 16.6. The molecule has 1 heterocycles. The van der Waals surface area contributed by atoms with E-state index >= 15 is 0 Å². The number of hydrogen-bond donors (Lipinski definition) is 1. The first-order valence-corrected chi connectivity index (χ1v) is 9.42. The van der Waals surface area contributed by atoms with E-state index in [1.807, 2.05) is 38.7 Å². The Bertz CT molecular complexity index is 449. The lowest BCUT2D eigenvalue weighted by Crippen LogP contribution is -2.47. The van der Waals surface area contributed by atoms with Crippen molar-refractivity contribution in [3.8, 4) is 0 Å². The lowest BCUT2D eigenvalue weighted by Gasteiger charge is -2.36. The first-order chi connectivity index (χ1) is 11.8. The number of carbonyl (C=O) groups is 1. The van der Waals surface area contributed by atoms with E-state index in [-0.39, 0.29) is 6.09 Å². The van der Waals surface area contributed by atoms with Gasteiger partial charge in [0.2, 0.25) is 0 Å². The molecule has 1 N–H and O–H groups in total. The molecule has 0 spiro atoms. The molecule has 6 nitrogen and oxygen atoms in total. The third-order valence-corrected chi connectivity index (χ3v) is 4.13. The SMILES string of the molecule is C=CCN=C(NCC)N1CCC(CN(CC)C(=O)OC(C)(C)C)CC1. The van der Waals surface area contributed by atoms with Gasteiger partial charge in [0.1, 0.15) is 5.60 Å². The Hall–Kier alpha value is -1.72. The van der Waals surface area contributed by atoms with Gasteiger partial charge in [0.25, 0.3) is 0 Å². The molecule has 0 aromatic heterocycles. The Morgan fingerprint density at radius 1 is 1.36 bits per heavy atom. The van der Waals surface area contributed by atoms with E-state index in [0.717, 1.165) is 45.0 Å². The average molecular weight is 353 g/mol. The van der Waals surface area contributed by atoms with Gasteiger partial charge in [0, 0.05) is 32.7 Å². The number of amides is 1. The average Bonchev–Trinajstić information content (AvgIpc) is 2.55. The van der Waals surface area contributed by atoms with Crippen molar-refractivity contribution in [3.05, 3.63) is 12.7 Å². The van der Waals surface area contributed by atoms with E-state index in [1.54, 1.807) is 0 Å². The summed E-state index contributed by atoms with van der Waals surface area (Å²) in [6, 6.07) is 0. The lowest BCUT2D eigenvalue weighted by atomic mass is 9.96. The summed E-state index contributed by atoms with van der Waals surface area (Å²) in [5.74, 6) is 1.46. The van der Waals surface area contributed by atoms with E-state index < -0.39 is 5.60 Å². The Balaban J connectivity index is 2.54. The minimum Gasteiger partial charge on any atom is -0.444 e. The van der Waals surface area contributed by atoms with Crippen LogP contribution in [0.25, 0.3) is 0 Å². The molecule has 25 heavy (non-hydrogen) atoms. The zero-order valence-electron chi connectivity index (χ0n) is 16.7. The van der Waals surface area contributed by atoms with Gasteiger partial charge >= 0.3 is 6.09 Å². The molecule has 1 fully saturated rings. The topological polar surface area (TPSA) is 57.2 Å². The fraction of sp³-hybridized carbons (Fsp3) is 0.789. The summed E-state index contributed by atoms with van der Waals surface area (Å²) in [4.78, 5) is 21.0. The van der Waals surface area contributed by atoms with E-state index in [0.29, 0.717) is 19.0 Å². The first kappa shape index (κ1) is 21.3. The number of nitrogens with one attached hydrogen (secondary N) is 1. The number of piperidine rings is 1. The number of carbonyl (C=O) groups excluding carboxylic acids is 1. The predicted octanol–water partition coefficient (Wildman–Crippen LogP) is 3.11. The zero-order valence-corrected chi connectivity index (χ0v) is 16.7. The molecule has 0 aliphatic carbocycles. The van der Waals surface area contributed by atoms with E-state index in [4.69, 9.17) is 4.74 Å². The van der Waals surface area contributed by atoms with Crippen molar-refractivity contribution in [1.82, 2.24) is 15.1 Å². The highest BCUT2D eigenvalue weighted by Crippen LogP contribution is 2.20. The molecule has 1 saturated heterocycles. The van der Waals surface area contributed by atoms with Crippen LogP contribution in [0, 0.1) is 5.92 Å². The minimum absolute atomic E-state index is 0.210. The summed E-state index contributed by atoms with van der Waals surface area (Å²) < 4.78 is 5.51. The Morgan fingerprint density at radius 2 is 2.00 bits per heavy atom. The number of likely N-dealkylation sites (tertiary alicyclic amines) is 1. The van der Waals surface area contributed by atoms with Crippen LogP contribution in [0.3, 0.4) is 0 Å². The van der Waals surface area contributed by atoms with Crippen LogP contribution >= 0.6 is 0 Å². The van der Waals surface area contributed by atoms with Crippen LogP contribution < -0.4 is 5.32 Å². The van der Waals surface area contributed by atoms with Crippen LogP contribution in [0.15, 0.2) is 17.6 Å². The van der Waals surface area contributed by atoms with Crippen molar-refractivity contribution in [3.63, 3.8) is 0 Å². The second kappa shape index (κ2) is 10.3. The standard InChI is InChI=1S/C19H36N4O2/c1-7-12-21-17(20-8-2)23-13-10-16(11-14-23)15-22(9-3)18(24)25-19(4,5)6/h7,16H,1,8-15H2,2-6H3,(H,20,21).